The number of benzene rings is 1. The van der Waals surface area contributed by atoms with Gasteiger partial charge in [-0.1, -0.05) is 37.3 Å². The van der Waals surface area contributed by atoms with Crippen molar-refractivity contribution in [2.24, 2.45) is 0 Å². The minimum absolute atomic E-state index is 0.211. The lowest BCUT2D eigenvalue weighted by molar-refractivity contribution is -0.0190. The molecule has 5 rings (SSSR count). The maximum absolute atomic E-state index is 13.5. The number of hydrogen-bond acceptors (Lipinski definition) is 9. The second-order valence-electron chi connectivity index (χ2n) is 9.27. The third-order valence-corrected chi connectivity index (χ3v) is 8.42. The van der Waals surface area contributed by atoms with Crippen LogP contribution in [0.2, 0.25) is 0 Å². The van der Waals surface area contributed by atoms with Crippen molar-refractivity contribution in [3.8, 4) is 17.0 Å². The Kier molecular flexibility index (Phi) is 7.66. The molecule has 0 amide bonds. The average Bonchev–Trinajstić information content (AvgIpc) is 3.29. The van der Waals surface area contributed by atoms with Crippen LogP contribution in [0.3, 0.4) is 0 Å². The minimum Gasteiger partial charge on any atom is -0.461 e. The van der Waals surface area contributed by atoms with Gasteiger partial charge in [0.25, 0.3) is 10.0 Å². The molecule has 12 heteroatoms. The zero-order chi connectivity index (χ0) is 26.9. The molecule has 0 aliphatic carbocycles. The van der Waals surface area contributed by atoms with E-state index in [9.17, 15) is 13.5 Å². The predicted molar refractivity (Wildman–Crippen MR) is 150 cm³/mol. The number of halogens is 1. The van der Waals surface area contributed by atoms with Crippen LogP contribution in [0.25, 0.3) is 22.2 Å². The second kappa shape index (κ2) is 11.0. The minimum atomic E-state index is -3.86. The van der Waals surface area contributed by atoms with Crippen molar-refractivity contribution in [1.29, 1.82) is 0 Å². The zero-order valence-corrected chi connectivity index (χ0v) is 23.6. The number of nitrogens with zero attached hydrogens (tertiary/aromatic N) is 6. The summed E-state index contributed by atoms with van der Waals surface area (Å²) < 4.78 is 34.4. The van der Waals surface area contributed by atoms with E-state index in [1.54, 1.807) is 42.6 Å². The lowest BCUT2D eigenvalue weighted by Gasteiger charge is -2.34. The fourth-order valence-corrected chi connectivity index (χ4v) is 6.09. The molecule has 1 atom stereocenters. The number of hydrogen-bond donors (Lipinski definition) is 1. The second-order valence-corrected chi connectivity index (χ2v) is 11.9. The zero-order valence-electron chi connectivity index (χ0n) is 21.2. The summed E-state index contributed by atoms with van der Waals surface area (Å²) in [6, 6.07) is 12.5. The van der Waals surface area contributed by atoms with Gasteiger partial charge in [-0.25, -0.2) is 18.4 Å². The van der Waals surface area contributed by atoms with E-state index in [4.69, 9.17) is 9.72 Å². The van der Waals surface area contributed by atoms with Crippen molar-refractivity contribution in [3.05, 3.63) is 65.0 Å². The fourth-order valence-electron chi connectivity index (χ4n) is 4.37. The van der Waals surface area contributed by atoms with Gasteiger partial charge in [0.05, 0.1) is 11.9 Å². The molecular weight excluding hydrogens is 572 g/mol. The first-order valence-electron chi connectivity index (χ1n) is 12.3. The first kappa shape index (κ1) is 26.5. The largest absolute Gasteiger partial charge is 0.461 e. The highest BCUT2D eigenvalue weighted by Gasteiger charge is 2.25. The lowest BCUT2D eigenvalue weighted by atomic mass is 10.1. The SMILES string of the molecule is CCC(O)Oc1cc(-c2nn(S(=O)(=O)Cc3ccccc3)c3cnc(Br)cc23)cnc1N1CCN(C)CC1. The quantitative estimate of drug-likeness (QED) is 0.240. The topological polar surface area (TPSA) is 114 Å². The van der Waals surface area contributed by atoms with Crippen molar-refractivity contribution in [3.63, 3.8) is 0 Å². The number of rotatable bonds is 8. The van der Waals surface area contributed by atoms with Crippen LogP contribution in [0, 0.1) is 0 Å². The number of anilines is 1. The molecule has 10 nitrogen and oxygen atoms in total. The van der Waals surface area contributed by atoms with Gasteiger partial charge in [-0.15, -0.1) is 0 Å². The fraction of sp³-hybridized carbons (Fsp3) is 0.346. The molecule has 0 bridgehead atoms. The third kappa shape index (κ3) is 5.53. The average molecular weight is 602 g/mol. The monoisotopic (exact) mass is 600 g/mol. The van der Waals surface area contributed by atoms with Gasteiger partial charge in [0.2, 0.25) is 0 Å². The van der Waals surface area contributed by atoms with Gasteiger partial charge >= 0.3 is 0 Å². The number of likely N-dealkylation sites (N-methyl/N-ethyl adjacent to an activating group) is 1. The Morgan fingerprint density at radius 1 is 1.08 bits per heavy atom. The Labute approximate surface area is 230 Å². The van der Waals surface area contributed by atoms with Gasteiger partial charge in [-0.05, 0) is 40.7 Å². The highest BCUT2D eigenvalue weighted by atomic mass is 79.9. The van der Waals surface area contributed by atoms with Crippen LogP contribution >= 0.6 is 15.9 Å². The molecule has 4 heterocycles. The van der Waals surface area contributed by atoms with Crippen LogP contribution in [0.4, 0.5) is 5.82 Å². The summed E-state index contributed by atoms with van der Waals surface area (Å²) in [5.41, 5.74) is 2.01. The first-order valence-corrected chi connectivity index (χ1v) is 14.8. The summed E-state index contributed by atoms with van der Waals surface area (Å²) in [6.45, 7) is 5.14. The van der Waals surface area contributed by atoms with Crippen molar-refractivity contribution in [2.75, 3.05) is 38.1 Å². The first-order chi connectivity index (χ1) is 18.2. The van der Waals surface area contributed by atoms with Gasteiger partial charge in [0.1, 0.15) is 15.8 Å². The summed E-state index contributed by atoms with van der Waals surface area (Å²) in [5, 5.41) is 15.5. The number of ether oxygens (including phenoxy) is 1. The van der Waals surface area contributed by atoms with E-state index in [0.29, 0.717) is 50.3 Å². The number of aliphatic hydroxyl groups excluding tert-OH is 1. The molecule has 1 fully saturated rings. The van der Waals surface area contributed by atoms with E-state index in [2.05, 4.69) is 42.9 Å². The summed E-state index contributed by atoms with van der Waals surface area (Å²) in [4.78, 5) is 13.3. The molecular formula is C26H29BrN6O4S. The molecule has 1 unspecified atom stereocenters. The van der Waals surface area contributed by atoms with E-state index < -0.39 is 16.3 Å². The Balaban J connectivity index is 1.61. The van der Waals surface area contributed by atoms with Gasteiger partial charge in [0, 0.05) is 49.7 Å². The summed E-state index contributed by atoms with van der Waals surface area (Å²) in [7, 11) is -1.78. The van der Waals surface area contributed by atoms with E-state index in [-0.39, 0.29) is 5.75 Å². The molecule has 200 valence electrons. The maximum Gasteiger partial charge on any atom is 0.258 e. The summed E-state index contributed by atoms with van der Waals surface area (Å²) >= 11 is 3.40. The molecule has 0 saturated carbocycles. The molecule has 1 aromatic carbocycles. The molecule has 0 radical (unpaired) electrons. The van der Waals surface area contributed by atoms with E-state index in [0.717, 1.165) is 30.3 Å². The van der Waals surface area contributed by atoms with Crippen LogP contribution in [-0.2, 0) is 15.8 Å². The third-order valence-electron chi connectivity index (χ3n) is 6.48. The van der Waals surface area contributed by atoms with Crippen molar-refractivity contribution >= 4 is 42.7 Å². The van der Waals surface area contributed by atoms with E-state index >= 15 is 0 Å². The highest BCUT2D eigenvalue weighted by Crippen LogP contribution is 2.36. The number of aromatic nitrogens is 4. The maximum atomic E-state index is 13.5. The standard InChI is InChI=1S/C26H29BrN6O4S/c1-3-24(34)37-22-13-19(15-29-26(22)32-11-9-31(2)10-12-32)25-20-14-23(27)28-16-21(20)33(30-25)38(35,36)17-18-7-5-4-6-8-18/h4-8,13-16,24,34H,3,9-12,17H2,1-2H3. The van der Waals surface area contributed by atoms with Crippen molar-refractivity contribution in [1.82, 2.24) is 24.1 Å². The van der Waals surface area contributed by atoms with Crippen LogP contribution in [0.15, 0.2) is 59.5 Å². The Bertz CT molecular complexity index is 1540. The Morgan fingerprint density at radius 2 is 1.82 bits per heavy atom. The smallest absolute Gasteiger partial charge is 0.258 e. The molecule has 3 aromatic heterocycles. The number of fused-ring (bicyclic) bond motifs is 1. The van der Waals surface area contributed by atoms with E-state index in [1.165, 1.54) is 6.20 Å². The van der Waals surface area contributed by atoms with Crippen LogP contribution in [-0.4, -0.2) is 77.1 Å². The normalized spacial score (nSPS) is 15.6. The Hall–Kier alpha value is -3.06. The highest BCUT2D eigenvalue weighted by molar-refractivity contribution is 9.10. The van der Waals surface area contributed by atoms with Crippen LogP contribution < -0.4 is 9.64 Å². The number of pyridine rings is 2. The van der Waals surface area contributed by atoms with E-state index in [1.807, 2.05) is 13.0 Å². The van der Waals surface area contributed by atoms with Gasteiger partial charge in [-0.2, -0.15) is 9.19 Å². The molecule has 1 N–H and O–H groups in total. The Morgan fingerprint density at radius 3 is 2.53 bits per heavy atom. The number of aliphatic hydroxyl groups is 1. The molecule has 0 spiro atoms. The summed E-state index contributed by atoms with van der Waals surface area (Å²) in [5.74, 6) is 0.847. The van der Waals surface area contributed by atoms with Gasteiger partial charge in [-0.3, -0.25) is 0 Å². The molecule has 1 aliphatic heterocycles. The predicted octanol–water partition coefficient (Wildman–Crippen LogP) is 3.49. The summed E-state index contributed by atoms with van der Waals surface area (Å²) in [6.07, 6.45) is 2.56. The molecule has 1 saturated heterocycles. The number of piperazine rings is 1. The van der Waals surface area contributed by atoms with Crippen LogP contribution in [0.1, 0.15) is 18.9 Å². The molecule has 4 aromatic rings. The van der Waals surface area contributed by atoms with Gasteiger partial charge < -0.3 is 19.6 Å². The molecule has 38 heavy (non-hydrogen) atoms. The van der Waals surface area contributed by atoms with Gasteiger partial charge in [0.15, 0.2) is 17.9 Å². The van der Waals surface area contributed by atoms with Crippen LogP contribution in [0.5, 0.6) is 5.75 Å². The molecule has 1 aliphatic rings. The van der Waals surface area contributed by atoms with Crippen molar-refractivity contribution in [2.45, 2.75) is 25.4 Å². The van der Waals surface area contributed by atoms with Crippen molar-refractivity contribution < 1.29 is 18.3 Å². The lowest BCUT2D eigenvalue weighted by Crippen LogP contribution is -2.45.